The molecule has 5 N–H and O–H groups in total. The molecule has 0 aromatic heterocycles. The van der Waals surface area contributed by atoms with Gasteiger partial charge in [0, 0.05) is 0 Å². The maximum atomic E-state index is 14.2. The molecule has 2 unspecified atom stereocenters. The van der Waals surface area contributed by atoms with Crippen molar-refractivity contribution >= 4 is 25.9 Å². The minimum atomic E-state index is -4.36. The maximum absolute atomic E-state index is 14.2. The number of nitrogens with two attached hydrogens (primary N) is 1. The van der Waals surface area contributed by atoms with Gasteiger partial charge >= 0.3 is 13.7 Å². The largest absolute Gasteiger partial charge is 0.464 e. The Bertz CT molecular complexity index is 1390. The first-order valence-electron chi connectivity index (χ1n) is 14.6. The molecule has 15 heteroatoms. The third-order valence-corrected chi connectivity index (χ3v) is 9.84. The van der Waals surface area contributed by atoms with Gasteiger partial charge in [-0.1, -0.05) is 51.0 Å². The molecule has 0 spiro atoms. The highest BCUT2D eigenvalue weighted by Gasteiger charge is 2.62. The zero-order chi connectivity index (χ0) is 32.2. The molecule has 7 atom stereocenters. The number of hydrogen-bond acceptors (Lipinski definition) is 13. The van der Waals surface area contributed by atoms with Crippen LogP contribution in [0.1, 0.15) is 51.2 Å². The summed E-state index contributed by atoms with van der Waals surface area (Å²) in [7, 11) is -4.36. The van der Waals surface area contributed by atoms with Crippen LogP contribution in [0, 0.1) is 31.1 Å². The fourth-order valence-corrected chi connectivity index (χ4v) is 7.03. The van der Waals surface area contributed by atoms with Crippen LogP contribution in [0.5, 0.6) is 5.75 Å². The van der Waals surface area contributed by atoms with Gasteiger partial charge in [0.15, 0.2) is 5.84 Å². The van der Waals surface area contributed by atoms with Crippen molar-refractivity contribution in [2.24, 2.45) is 21.7 Å². The predicted molar refractivity (Wildman–Crippen MR) is 161 cm³/mol. The molecular formula is C29H41N6O8P. The zero-order valence-corrected chi connectivity index (χ0v) is 26.4. The lowest BCUT2D eigenvalue weighted by atomic mass is 9.87. The number of aryl methyl sites for hydroxylation is 2. The molecule has 14 nitrogen and oxygen atoms in total. The number of ether oxygens (including phenoxy) is 2. The Morgan fingerprint density at radius 3 is 2.64 bits per heavy atom. The van der Waals surface area contributed by atoms with Crippen molar-refractivity contribution in [3.8, 4) is 11.8 Å². The Balaban J connectivity index is 1.53. The molecule has 0 saturated carbocycles. The first-order chi connectivity index (χ1) is 20.9. The summed E-state index contributed by atoms with van der Waals surface area (Å²) < 4.78 is 37.4. The number of nitriles is 1. The van der Waals surface area contributed by atoms with Crippen molar-refractivity contribution in [2.75, 3.05) is 13.2 Å². The molecule has 240 valence electrons. The van der Waals surface area contributed by atoms with E-state index in [9.17, 15) is 24.8 Å². The van der Waals surface area contributed by atoms with Crippen LogP contribution in [0.25, 0.3) is 0 Å². The van der Waals surface area contributed by atoms with E-state index in [0.29, 0.717) is 16.8 Å². The number of benzene rings is 1. The van der Waals surface area contributed by atoms with E-state index in [1.165, 1.54) is 18.3 Å². The molecule has 0 radical (unpaired) electrons. The highest BCUT2D eigenvalue weighted by Crippen LogP contribution is 2.48. The van der Waals surface area contributed by atoms with Crippen LogP contribution in [0.4, 0.5) is 0 Å². The van der Waals surface area contributed by atoms with E-state index in [-0.39, 0.29) is 30.5 Å². The summed E-state index contributed by atoms with van der Waals surface area (Å²) in [4.78, 5) is 16.8. The van der Waals surface area contributed by atoms with Crippen molar-refractivity contribution < 1.29 is 38.1 Å². The van der Waals surface area contributed by atoms with Gasteiger partial charge < -0.3 is 29.9 Å². The molecule has 3 heterocycles. The minimum absolute atomic E-state index is 0.187. The Labute approximate surface area is 257 Å². The third-order valence-electron chi connectivity index (χ3n) is 8.22. The monoisotopic (exact) mass is 632 g/mol. The number of aliphatic hydroxyl groups is 2. The second-order valence-corrected chi connectivity index (χ2v) is 12.9. The Kier molecular flexibility index (Phi) is 10.5. The number of rotatable bonds is 13. The second-order valence-electron chi connectivity index (χ2n) is 11.2. The van der Waals surface area contributed by atoms with Gasteiger partial charge in [0.2, 0.25) is 5.60 Å². The molecule has 1 aromatic carbocycles. The molecule has 0 bridgehead atoms. The van der Waals surface area contributed by atoms with Crippen LogP contribution in [0.2, 0.25) is 0 Å². The highest BCUT2D eigenvalue weighted by atomic mass is 31.2. The van der Waals surface area contributed by atoms with Gasteiger partial charge in [0.1, 0.15) is 48.6 Å². The van der Waals surface area contributed by atoms with E-state index in [0.717, 1.165) is 12.8 Å². The van der Waals surface area contributed by atoms with Crippen LogP contribution < -0.4 is 15.3 Å². The van der Waals surface area contributed by atoms with Crippen molar-refractivity contribution in [3.05, 3.63) is 41.1 Å². The summed E-state index contributed by atoms with van der Waals surface area (Å²) in [5.41, 5.74) is 5.80. The van der Waals surface area contributed by atoms with Gasteiger partial charge in [0.25, 0.3) is 0 Å². The topological polar surface area (TPSA) is 201 Å². The zero-order valence-electron chi connectivity index (χ0n) is 25.5. The van der Waals surface area contributed by atoms with Crippen LogP contribution in [0.15, 0.2) is 40.1 Å². The number of hydrazone groups is 1. The first-order valence-corrected chi connectivity index (χ1v) is 16.2. The average molecular weight is 633 g/mol. The predicted octanol–water partition coefficient (Wildman–Crippen LogP) is 2.42. The summed E-state index contributed by atoms with van der Waals surface area (Å²) >= 11 is 0. The average Bonchev–Trinajstić information content (AvgIpc) is 3.55. The molecule has 3 aliphatic heterocycles. The quantitative estimate of drug-likeness (QED) is 0.183. The number of esters is 1. The van der Waals surface area contributed by atoms with E-state index in [2.05, 4.69) is 15.2 Å². The standard InChI is InChI=1S/C29H41N6O8P/c1-6-20(7-2)13-40-28(38)19(5)34-44(39,43-25-17(3)9-8-10-18(25)4)41-14-22-24(36)26(37)29(15-30,42-22)23-12-11-21-27(31)32-16-33-35(21)23/h8-11,16,19-20,22-24,26,36-37H,6-7,12-14H2,1-5H3,(H,34,39)(H2,31,32,33)/t19-,22+,23?,24+,26+,29-,44?/m0/s1. The van der Waals surface area contributed by atoms with Crippen molar-refractivity contribution in [3.63, 3.8) is 0 Å². The molecule has 1 aromatic rings. The summed E-state index contributed by atoms with van der Waals surface area (Å²) in [6, 6.07) is 5.43. The summed E-state index contributed by atoms with van der Waals surface area (Å²) in [5, 5.41) is 40.6. The third kappa shape index (κ3) is 6.68. The van der Waals surface area contributed by atoms with E-state index in [1.54, 1.807) is 32.1 Å². The number of para-hydroxylation sites is 1. The second kappa shape index (κ2) is 13.8. The minimum Gasteiger partial charge on any atom is -0.464 e. The van der Waals surface area contributed by atoms with Crippen LogP contribution in [0.3, 0.4) is 0 Å². The number of carbonyl (C=O) groups is 1. The number of fused-ring (bicyclic) bond motifs is 1. The van der Waals surface area contributed by atoms with E-state index in [1.807, 2.05) is 26.0 Å². The summed E-state index contributed by atoms with van der Waals surface area (Å²) in [6.45, 7) is 8.68. The number of aliphatic imine (C=N–C) groups is 1. The first kappa shape index (κ1) is 33.6. The fourth-order valence-electron chi connectivity index (χ4n) is 5.40. The highest BCUT2D eigenvalue weighted by molar-refractivity contribution is 7.52. The van der Waals surface area contributed by atoms with Crippen molar-refractivity contribution in [1.29, 1.82) is 5.26 Å². The number of nitrogens with zero attached hydrogens (tertiary/aromatic N) is 4. The number of hydrogen-bond donors (Lipinski definition) is 4. The van der Waals surface area contributed by atoms with Crippen molar-refractivity contribution in [2.45, 2.75) is 89.9 Å². The molecule has 3 aliphatic rings. The van der Waals surface area contributed by atoms with Crippen LogP contribution in [-0.2, 0) is 23.4 Å². The molecule has 1 fully saturated rings. The Hall–Kier alpha value is -3.31. The molecule has 44 heavy (non-hydrogen) atoms. The van der Waals surface area contributed by atoms with Crippen molar-refractivity contribution in [1.82, 2.24) is 10.1 Å². The number of nitrogens with one attached hydrogen (secondary N) is 1. The maximum Gasteiger partial charge on any atom is 0.459 e. The lowest BCUT2D eigenvalue weighted by Gasteiger charge is -2.36. The van der Waals surface area contributed by atoms with Crippen LogP contribution >= 0.6 is 7.75 Å². The molecule has 4 rings (SSSR count). The van der Waals surface area contributed by atoms with E-state index < -0.39 is 56.3 Å². The number of amidine groups is 1. The lowest BCUT2D eigenvalue weighted by Crippen LogP contribution is -2.56. The molecule has 0 aliphatic carbocycles. The normalized spacial score (nSPS) is 28.1. The number of aliphatic hydroxyl groups excluding tert-OH is 2. The SMILES string of the molecule is CCC(CC)COC(=O)[C@H](C)NP(=O)(OC[C@H]1O[C@@](C#N)(C2CC=C3C(N)=NC=NN32)[C@H](O)[C@@H]1O)Oc1c(C)cccc1C. The lowest BCUT2D eigenvalue weighted by molar-refractivity contribution is -0.146. The van der Waals surface area contributed by atoms with E-state index >= 15 is 0 Å². The van der Waals surface area contributed by atoms with Crippen LogP contribution in [-0.4, -0.2) is 82.6 Å². The number of carbonyl (C=O) groups excluding carboxylic acids is 1. The van der Waals surface area contributed by atoms with Gasteiger partial charge in [-0.2, -0.15) is 15.5 Å². The van der Waals surface area contributed by atoms with Gasteiger partial charge in [-0.15, -0.1) is 0 Å². The van der Waals surface area contributed by atoms with Gasteiger partial charge in [-0.25, -0.2) is 9.56 Å². The molecule has 0 amide bonds. The summed E-state index contributed by atoms with van der Waals surface area (Å²) in [6.07, 6.45) is 0.249. The fraction of sp³-hybridized carbons (Fsp3) is 0.586. The Morgan fingerprint density at radius 2 is 2.00 bits per heavy atom. The Morgan fingerprint density at radius 1 is 1.32 bits per heavy atom. The van der Waals surface area contributed by atoms with Gasteiger partial charge in [-0.3, -0.25) is 14.3 Å². The van der Waals surface area contributed by atoms with Gasteiger partial charge in [0.05, 0.1) is 18.9 Å². The van der Waals surface area contributed by atoms with E-state index in [4.69, 9.17) is 24.3 Å². The smallest absolute Gasteiger partial charge is 0.459 e. The molecule has 1 saturated heterocycles. The summed E-state index contributed by atoms with van der Waals surface area (Å²) in [5.74, 6) is 0.0217. The van der Waals surface area contributed by atoms with Gasteiger partial charge in [-0.05, 0) is 44.2 Å². The molecular weight excluding hydrogens is 591 g/mol.